The lowest BCUT2D eigenvalue weighted by Gasteiger charge is -2.12. The second-order valence-electron chi connectivity index (χ2n) is 3.37. The lowest BCUT2D eigenvalue weighted by Crippen LogP contribution is -2.25. The quantitative estimate of drug-likeness (QED) is 0.687. The lowest BCUT2D eigenvalue weighted by molar-refractivity contribution is 0.604. The molecule has 1 saturated carbocycles. The average Bonchev–Trinajstić information content (AvgIpc) is 2.50. The molecular formula is C8H12ClN3. The summed E-state index contributed by atoms with van der Waals surface area (Å²) < 4.78 is 1.86. The van der Waals surface area contributed by atoms with Crippen LogP contribution in [0, 0.1) is 0 Å². The van der Waals surface area contributed by atoms with Crippen LogP contribution >= 0.6 is 11.6 Å². The summed E-state index contributed by atoms with van der Waals surface area (Å²) in [6.45, 7) is 0.612. The van der Waals surface area contributed by atoms with Crippen molar-refractivity contribution >= 4 is 11.6 Å². The van der Waals surface area contributed by atoms with Crippen LogP contribution in [0.4, 0.5) is 0 Å². The SMILES string of the molecule is Cn1nccc1C1(CN)CC1Cl. The molecule has 0 aliphatic heterocycles. The molecule has 2 unspecified atom stereocenters. The van der Waals surface area contributed by atoms with Gasteiger partial charge in [-0.1, -0.05) is 0 Å². The van der Waals surface area contributed by atoms with Crippen LogP contribution in [0.25, 0.3) is 0 Å². The van der Waals surface area contributed by atoms with Crippen LogP contribution in [0.2, 0.25) is 0 Å². The minimum Gasteiger partial charge on any atom is -0.329 e. The van der Waals surface area contributed by atoms with Crippen molar-refractivity contribution in [2.75, 3.05) is 6.54 Å². The van der Waals surface area contributed by atoms with E-state index in [0.717, 1.165) is 12.1 Å². The van der Waals surface area contributed by atoms with Gasteiger partial charge in [0.1, 0.15) is 0 Å². The Kier molecular flexibility index (Phi) is 1.66. The van der Waals surface area contributed by atoms with Crippen LogP contribution < -0.4 is 5.73 Å². The van der Waals surface area contributed by atoms with Gasteiger partial charge in [-0.3, -0.25) is 4.68 Å². The van der Waals surface area contributed by atoms with E-state index in [1.54, 1.807) is 6.20 Å². The number of hydrogen-bond acceptors (Lipinski definition) is 2. The highest BCUT2D eigenvalue weighted by Crippen LogP contribution is 2.51. The van der Waals surface area contributed by atoms with E-state index in [-0.39, 0.29) is 10.8 Å². The van der Waals surface area contributed by atoms with Crippen LogP contribution in [-0.2, 0) is 12.5 Å². The fourth-order valence-corrected chi connectivity index (χ4v) is 2.18. The van der Waals surface area contributed by atoms with E-state index in [9.17, 15) is 0 Å². The zero-order valence-electron chi connectivity index (χ0n) is 7.00. The van der Waals surface area contributed by atoms with Crippen LogP contribution in [0.5, 0.6) is 0 Å². The van der Waals surface area contributed by atoms with Crippen LogP contribution in [0.1, 0.15) is 12.1 Å². The Bertz CT molecular complexity index is 292. The third-order valence-corrected chi connectivity index (χ3v) is 3.25. The van der Waals surface area contributed by atoms with Gasteiger partial charge in [0.15, 0.2) is 0 Å². The first-order valence-corrected chi connectivity index (χ1v) is 4.47. The minimum atomic E-state index is 0.00675. The topological polar surface area (TPSA) is 43.8 Å². The first kappa shape index (κ1) is 8.08. The number of halogens is 1. The van der Waals surface area contributed by atoms with Crippen molar-refractivity contribution in [2.45, 2.75) is 17.2 Å². The molecule has 66 valence electrons. The summed E-state index contributed by atoms with van der Waals surface area (Å²) in [6, 6.07) is 2.00. The van der Waals surface area contributed by atoms with E-state index >= 15 is 0 Å². The zero-order valence-corrected chi connectivity index (χ0v) is 7.75. The first-order chi connectivity index (χ1) is 5.70. The van der Waals surface area contributed by atoms with Crippen molar-refractivity contribution in [1.82, 2.24) is 9.78 Å². The highest BCUT2D eigenvalue weighted by atomic mass is 35.5. The Morgan fingerprint density at radius 3 is 2.92 bits per heavy atom. The molecule has 1 aliphatic carbocycles. The third kappa shape index (κ3) is 0.898. The second-order valence-corrected chi connectivity index (χ2v) is 3.90. The molecule has 2 N–H and O–H groups in total. The number of hydrogen-bond donors (Lipinski definition) is 1. The molecule has 0 radical (unpaired) electrons. The molecule has 0 aromatic carbocycles. The van der Waals surface area contributed by atoms with E-state index < -0.39 is 0 Å². The van der Waals surface area contributed by atoms with Crippen LogP contribution in [-0.4, -0.2) is 21.7 Å². The molecule has 0 bridgehead atoms. The van der Waals surface area contributed by atoms with Crippen molar-refractivity contribution in [1.29, 1.82) is 0 Å². The van der Waals surface area contributed by atoms with Gasteiger partial charge in [0, 0.05) is 36.3 Å². The Labute approximate surface area is 76.5 Å². The van der Waals surface area contributed by atoms with Gasteiger partial charge in [0.05, 0.1) is 0 Å². The van der Waals surface area contributed by atoms with Crippen molar-refractivity contribution in [3.63, 3.8) is 0 Å². The predicted octanol–water partition coefficient (Wildman–Crippen LogP) is 0.628. The summed E-state index contributed by atoms with van der Waals surface area (Å²) >= 11 is 6.05. The molecule has 1 aromatic rings. The summed E-state index contributed by atoms with van der Waals surface area (Å²) in [5, 5.41) is 4.30. The zero-order chi connectivity index (χ0) is 8.77. The van der Waals surface area contributed by atoms with E-state index in [4.69, 9.17) is 17.3 Å². The summed E-state index contributed by atoms with van der Waals surface area (Å²) in [6.07, 6.45) is 2.76. The van der Waals surface area contributed by atoms with Gasteiger partial charge in [-0.2, -0.15) is 5.10 Å². The standard InChI is InChI=1S/C8H12ClN3/c1-12-7(2-3-11-12)8(5-10)4-6(8)9/h2-3,6H,4-5,10H2,1H3. The van der Waals surface area contributed by atoms with Crippen molar-refractivity contribution in [3.05, 3.63) is 18.0 Å². The highest BCUT2D eigenvalue weighted by molar-refractivity contribution is 6.23. The third-order valence-electron chi connectivity index (χ3n) is 2.68. The maximum Gasteiger partial charge on any atom is 0.0492 e. The monoisotopic (exact) mass is 185 g/mol. The van der Waals surface area contributed by atoms with E-state index in [1.165, 1.54) is 0 Å². The fraction of sp³-hybridized carbons (Fsp3) is 0.625. The van der Waals surface area contributed by atoms with Gasteiger partial charge >= 0.3 is 0 Å². The van der Waals surface area contributed by atoms with Gasteiger partial charge in [-0.15, -0.1) is 11.6 Å². The van der Waals surface area contributed by atoms with Gasteiger partial charge < -0.3 is 5.73 Å². The predicted molar refractivity (Wildman–Crippen MR) is 48.2 cm³/mol. The number of nitrogens with two attached hydrogens (primary N) is 1. The summed E-state index contributed by atoms with van der Waals surface area (Å²) in [5.74, 6) is 0. The van der Waals surface area contributed by atoms with Crippen molar-refractivity contribution in [3.8, 4) is 0 Å². The summed E-state index contributed by atoms with van der Waals surface area (Å²) in [7, 11) is 1.93. The number of alkyl halides is 1. The van der Waals surface area contributed by atoms with Crippen molar-refractivity contribution < 1.29 is 0 Å². The molecule has 1 aromatic heterocycles. The Hall–Kier alpha value is -0.540. The summed E-state index contributed by atoms with van der Waals surface area (Å²) in [4.78, 5) is 0. The molecule has 0 spiro atoms. The molecule has 1 fully saturated rings. The van der Waals surface area contributed by atoms with Crippen molar-refractivity contribution in [2.24, 2.45) is 12.8 Å². The molecule has 0 amide bonds. The lowest BCUT2D eigenvalue weighted by atomic mass is 10.0. The molecule has 2 rings (SSSR count). The number of rotatable bonds is 2. The highest BCUT2D eigenvalue weighted by Gasteiger charge is 2.55. The molecule has 4 heteroatoms. The molecule has 12 heavy (non-hydrogen) atoms. The molecular weight excluding hydrogens is 174 g/mol. The second kappa shape index (κ2) is 2.47. The van der Waals surface area contributed by atoms with Crippen LogP contribution in [0.15, 0.2) is 12.3 Å². The maximum atomic E-state index is 6.05. The normalized spacial score (nSPS) is 33.8. The van der Waals surface area contributed by atoms with E-state index in [1.807, 2.05) is 17.8 Å². The molecule has 1 heterocycles. The molecule has 3 nitrogen and oxygen atoms in total. The summed E-state index contributed by atoms with van der Waals surface area (Å²) in [5.41, 5.74) is 6.86. The Morgan fingerprint density at radius 1 is 1.92 bits per heavy atom. The number of aryl methyl sites for hydroxylation is 1. The molecule has 1 aliphatic rings. The van der Waals surface area contributed by atoms with E-state index in [0.29, 0.717) is 6.54 Å². The smallest absolute Gasteiger partial charge is 0.0492 e. The van der Waals surface area contributed by atoms with Gasteiger partial charge in [0.2, 0.25) is 0 Å². The average molecular weight is 186 g/mol. The minimum absolute atomic E-state index is 0.00675. The fourth-order valence-electron chi connectivity index (χ4n) is 1.70. The largest absolute Gasteiger partial charge is 0.329 e. The van der Waals surface area contributed by atoms with Gasteiger partial charge in [0.25, 0.3) is 0 Å². The van der Waals surface area contributed by atoms with E-state index in [2.05, 4.69) is 5.10 Å². The van der Waals surface area contributed by atoms with Gasteiger partial charge in [-0.25, -0.2) is 0 Å². The first-order valence-electron chi connectivity index (χ1n) is 4.03. The molecule has 2 atom stereocenters. The van der Waals surface area contributed by atoms with Crippen LogP contribution in [0.3, 0.4) is 0 Å². The Morgan fingerprint density at radius 2 is 2.58 bits per heavy atom. The molecule has 0 saturated heterocycles. The number of nitrogens with zero attached hydrogens (tertiary/aromatic N) is 2. The maximum absolute atomic E-state index is 6.05. The number of aromatic nitrogens is 2. The van der Waals surface area contributed by atoms with Gasteiger partial charge in [-0.05, 0) is 12.5 Å². The Balaban J connectivity index is 2.36.